The van der Waals surface area contributed by atoms with E-state index < -0.39 is 0 Å². The Morgan fingerprint density at radius 3 is 0.982 bits per heavy atom. The molecule has 0 aromatic heterocycles. The molecule has 266 valence electrons. The molecule has 12 rings (SSSR count). The van der Waals surface area contributed by atoms with Crippen molar-refractivity contribution < 1.29 is 0 Å². The lowest BCUT2D eigenvalue weighted by Gasteiger charge is -2.34. The lowest BCUT2D eigenvalue weighted by molar-refractivity contribution is 0.916. The van der Waals surface area contributed by atoms with Crippen molar-refractivity contribution in [1.29, 1.82) is 0 Å². The molecular formula is C54H45N. The Morgan fingerprint density at radius 2 is 0.545 bits per heavy atom. The normalized spacial score (nSPS) is 17.5. The zero-order chi connectivity index (χ0) is 36.0. The van der Waals surface area contributed by atoms with Gasteiger partial charge >= 0.3 is 0 Å². The van der Waals surface area contributed by atoms with Crippen LogP contribution in [0.1, 0.15) is 105 Å². The highest BCUT2D eigenvalue weighted by Crippen LogP contribution is 2.50. The van der Waals surface area contributed by atoms with E-state index in [4.69, 9.17) is 0 Å². The van der Waals surface area contributed by atoms with Gasteiger partial charge in [0.1, 0.15) is 0 Å². The average Bonchev–Trinajstić information content (AvgIpc) is 3.25. The van der Waals surface area contributed by atoms with Crippen LogP contribution in [-0.4, -0.2) is 0 Å². The number of hydrogen-bond acceptors (Lipinski definition) is 1. The van der Waals surface area contributed by atoms with E-state index in [2.05, 4.69) is 132 Å². The molecular weight excluding hydrogens is 663 g/mol. The maximum absolute atomic E-state index is 2.60. The SMILES string of the molecule is c1ccc2c(c1)CCC1=C2CCc2cc(N(c3ccc4c(c3)C3=C(CC4)c4ccccc4CC3)c3ccc4c(c3)C3=C(CC4)c4ccccc4CC3)ccc21. The van der Waals surface area contributed by atoms with Crippen LogP contribution >= 0.6 is 0 Å². The Kier molecular flexibility index (Phi) is 7.16. The molecule has 0 unspecified atom stereocenters. The molecule has 0 heterocycles. The minimum absolute atomic E-state index is 1.09. The second-order valence-corrected chi connectivity index (χ2v) is 16.7. The van der Waals surface area contributed by atoms with Crippen molar-refractivity contribution in [1.82, 2.24) is 0 Å². The standard InChI is InChI=1S/C54H45N/c1-4-10-43-34(7-1)15-24-50-46-30-23-40(31-39(46)20-29-47(43)50)55(41-21-13-37-18-25-48-44-11-5-2-8-35(44)16-27-51(48)53(37)32-41)42-22-14-38-19-26-49-45-12-6-3-9-36(45)17-28-52(49)54(38)33-42/h1-14,21-23,30-33H,15-20,24-29H2. The Morgan fingerprint density at radius 1 is 0.236 bits per heavy atom. The van der Waals surface area contributed by atoms with Crippen molar-refractivity contribution in [3.8, 4) is 0 Å². The van der Waals surface area contributed by atoms with Crippen LogP contribution in [0.25, 0.3) is 33.4 Å². The number of rotatable bonds is 3. The summed E-state index contributed by atoms with van der Waals surface area (Å²) in [5.41, 5.74) is 31.2. The number of aryl methyl sites for hydroxylation is 6. The van der Waals surface area contributed by atoms with Crippen LogP contribution < -0.4 is 4.90 Å². The first-order chi connectivity index (χ1) is 27.2. The van der Waals surface area contributed by atoms with E-state index in [0.717, 1.165) is 77.0 Å². The highest BCUT2D eigenvalue weighted by Gasteiger charge is 2.30. The van der Waals surface area contributed by atoms with Crippen LogP contribution in [0.15, 0.2) is 127 Å². The van der Waals surface area contributed by atoms with Crippen molar-refractivity contribution in [3.63, 3.8) is 0 Å². The molecule has 1 nitrogen and oxygen atoms in total. The van der Waals surface area contributed by atoms with E-state index in [-0.39, 0.29) is 0 Å². The fourth-order valence-electron chi connectivity index (χ4n) is 11.4. The van der Waals surface area contributed by atoms with Crippen molar-refractivity contribution in [2.45, 2.75) is 77.0 Å². The van der Waals surface area contributed by atoms with Crippen molar-refractivity contribution in [2.75, 3.05) is 4.90 Å². The van der Waals surface area contributed by atoms with Crippen LogP contribution in [0, 0.1) is 0 Å². The maximum Gasteiger partial charge on any atom is 0.0467 e. The van der Waals surface area contributed by atoms with Crippen molar-refractivity contribution >= 4 is 50.5 Å². The first-order valence-electron chi connectivity index (χ1n) is 20.9. The van der Waals surface area contributed by atoms with Gasteiger partial charge in [-0.2, -0.15) is 0 Å². The molecule has 55 heavy (non-hydrogen) atoms. The van der Waals surface area contributed by atoms with Gasteiger partial charge in [0.05, 0.1) is 0 Å². The Bertz CT molecular complexity index is 2590. The monoisotopic (exact) mass is 707 g/mol. The fourth-order valence-corrected chi connectivity index (χ4v) is 11.4. The summed E-state index contributed by atoms with van der Waals surface area (Å²) in [4.78, 5) is 2.60. The van der Waals surface area contributed by atoms with Crippen molar-refractivity contribution in [2.24, 2.45) is 0 Å². The number of hydrogen-bond donors (Lipinski definition) is 0. The predicted molar refractivity (Wildman–Crippen MR) is 231 cm³/mol. The van der Waals surface area contributed by atoms with Gasteiger partial charge in [-0.15, -0.1) is 0 Å². The lowest BCUT2D eigenvalue weighted by Crippen LogP contribution is -2.16. The molecule has 1 heteroatoms. The number of anilines is 3. The van der Waals surface area contributed by atoms with Gasteiger partial charge in [0.2, 0.25) is 0 Å². The van der Waals surface area contributed by atoms with Crippen LogP contribution in [0.4, 0.5) is 17.1 Å². The highest BCUT2D eigenvalue weighted by molar-refractivity contribution is 6.00. The highest BCUT2D eigenvalue weighted by atomic mass is 15.1. The molecule has 0 saturated heterocycles. The zero-order valence-corrected chi connectivity index (χ0v) is 31.6. The summed E-state index contributed by atoms with van der Waals surface area (Å²) in [6.07, 6.45) is 13.5. The van der Waals surface area contributed by atoms with Crippen molar-refractivity contribution in [3.05, 3.63) is 194 Å². The van der Waals surface area contributed by atoms with Gasteiger partial charge < -0.3 is 4.90 Å². The Hall–Kier alpha value is -5.66. The molecule has 0 bridgehead atoms. The first kappa shape index (κ1) is 31.7. The third-order valence-electron chi connectivity index (χ3n) is 14.0. The molecule has 6 aliphatic carbocycles. The minimum atomic E-state index is 1.09. The summed E-state index contributed by atoms with van der Waals surface area (Å²) in [7, 11) is 0. The topological polar surface area (TPSA) is 3.24 Å². The summed E-state index contributed by atoms with van der Waals surface area (Å²) < 4.78 is 0. The van der Waals surface area contributed by atoms with E-state index in [0.29, 0.717) is 0 Å². The summed E-state index contributed by atoms with van der Waals surface area (Å²) in [6, 6.07) is 49.7. The van der Waals surface area contributed by atoms with Crippen LogP contribution in [0.2, 0.25) is 0 Å². The number of fused-ring (bicyclic) bond motifs is 12. The molecule has 0 aliphatic heterocycles. The van der Waals surface area contributed by atoms with Gasteiger partial charge in [-0.1, -0.05) is 91.0 Å². The smallest absolute Gasteiger partial charge is 0.0467 e. The van der Waals surface area contributed by atoms with Gasteiger partial charge in [0.25, 0.3) is 0 Å². The van der Waals surface area contributed by atoms with Gasteiger partial charge in [0, 0.05) is 17.1 Å². The lowest BCUT2D eigenvalue weighted by atomic mass is 9.75. The summed E-state index contributed by atoms with van der Waals surface area (Å²) in [5, 5.41) is 0. The molecule has 0 radical (unpaired) electrons. The maximum atomic E-state index is 2.60. The van der Waals surface area contributed by atoms with Crippen LogP contribution in [-0.2, 0) is 38.5 Å². The Balaban J connectivity index is 1.02. The van der Waals surface area contributed by atoms with Crippen LogP contribution in [0.5, 0.6) is 0 Å². The summed E-state index contributed by atoms with van der Waals surface area (Å²) >= 11 is 0. The summed E-state index contributed by atoms with van der Waals surface area (Å²) in [5.74, 6) is 0. The van der Waals surface area contributed by atoms with E-state index in [1.54, 1.807) is 33.4 Å². The quantitative estimate of drug-likeness (QED) is 0.177. The van der Waals surface area contributed by atoms with E-state index in [9.17, 15) is 0 Å². The molecule has 6 aliphatic rings. The second-order valence-electron chi connectivity index (χ2n) is 16.7. The number of allylic oxidation sites excluding steroid dienone is 6. The molecule has 0 spiro atoms. The molecule has 0 N–H and O–H groups in total. The second kappa shape index (κ2) is 12.4. The van der Waals surface area contributed by atoms with E-state index >= 15 is 0 Å². The van der Waals surface area contributed by atoms with Gasteiger partial charge in [-0.05, 0) is 214 Å². The Labute approximate surface area is 325 Å². The average molecular weight is 708 g/mol. The number of benzene rings is 6. The molecule has 6 aromatic carbocycles. The molecule has 0 amide bonds. The van der Waals surface area contributed by atoms with Gasteiger partial charge in [-0.3, -0.25) is 0 Å². The fraction of sp³-hybridized carbons (Fsp3) is 0.222. The molecule has 0 fully saturated rings. The van der Waals surface area contributed by atoms with Gasteiger partial charge in [-0.25, -0.2) is 0 Å². The first-order valence-corrected chi connectivity index (χ1v) is 20.9. The molecule has 6 aromatic rings. The number of nitrogens with zero attached hydrogens (tertiary/aromatic N) is 1. The third kappa shape index (κ3) is 4.98. The largest absolute Gasteiger partial charge is 0.310 e. The van der Waals surface area contributed by atoms with Crippen LogP contribution in [0.3, 0.4) is 0 Å². The third-order valence-corrected chi connectivity index (χ3v) is 14.0. The van der Waals surface area contributed by atoms with E-state index in [1.807, 2.05) is 0 Å². The molecule has 0 saturated carbocycles. The predicted octanol–water partition coefficient (Wildman–Crippen LogP) is 13.6. The minimum Gasteiger partial charge on any atom is -0.310 e. The van der Waals surface area contributed by atoms with Gasteiger partial charge in [0.15, 0.2) is 0 Å². The summed E-state index contributed by atoms with van der Waals surface area (Å²) in [6.45, 7) is 0. The zero-order valence-electron chi connectivity index (χ0n) is 31.6. The van der Waals surface area contributed by atoms with E-state index in [1.165, 1.54) is 83.8 Å². The molecule has 0 atom stereocenters.